The van der Waals surface area contributed by atoms with Gasteiger partial charge in [0.05, 0.1) is 7.11 Å². The van der Waals surface area contributed by atoms with Gasteiger partial charge in [0.1, 0.15) is 5.75 Å². The topological polar surface area (TPSA) is 26.3 Å². The highest BCUT2D eigenvalue weighted by molar-refractivity contribution is 6.13. The zero-order valence-corrected chi connectivity index (χ0v) is 13.0. The minimum atomic E-state index is 0.163. The van der Waals surface area contributed by atoms with Gasteiger partial charge >= 0.3 is 0 Å². The summed E-state index contributed by atoms with van der Waals surface area (Å²) in [4.78, 5) is 12.7. The van der Waals surface area contributed by atoms with Crippen molar-refractivity contribution in [2.24, 2.45) is 0 Å². The minimum absolute atomic E-state index is 0.163. The Morgan fingerprint density at radius 2 is 1.86 bits per heavy atom. The molecule has 1 aliphatic carbocycles. The standard InChI is InChI=1S/C20H20O2/c1-3-15-13-16(12-14-8-10-17(22-2)11-9-14)20(21)19-7-5-4-6-18(15)19/h4-12,15H,3,13H2,1-2H3/b16-12+/t15-/m1/s1. The molecule has 0 heterocycles. The van der Waals surface area contributed by atoms with E-state index in [0.717, 1.165) is 35.3 Å². The van der Waals surface area contributed by atoms with Crippen molar-refractivity contribution in [2.75, 3.05) is 7.11 Å². The molecule has 0 N–H and O–H groups in total. The van der Waals surface area contributed by atoms with Crippen molar-refractivity contribution < 1.29 is 9.53 Å². The first kappa shape index (κ1) is 14.6. The van der Waals surface area contributed by atoms with Crippen LogP contribution in [0.1, 0.15) is 47.2 Å². The first-order chi connectivity index (χ1) is 10.7. The molecule has 1 atom stereocenters. The summed E-state index contributed by atoms with van der Waals surface area (Å²) in [6.45, 7) is 2.18. The van der Waals surface area contributed by atoms with Crippen LogP contribution in [0.2, 0.25) is 0 Å². The number of ketones is 1. The van der Waals surface area contributed by atoms with Crippen molar-refractivity contribution in [1.29, 1.82) is 0 Å². The Kier molecular flexibility index (Phi) is 4.10. The zero-order chi connectivity index (χ0) is 15.5. The van der Waals surface area contributed by atoms with E-state index >= 15 is 0 Å². The van der Waals surface area contributed by atoms with Gasteiger partial charge in [-0.15, -0.1) is 0 Å². The molecule has 112 valence electrons. The largest absolute Gasteiger partial charge is 0.497 e. The van der Waals surface area contributed by atoms with Crippen LogP contribution in [-0.4, -0.2) is 12.9 Å². The van der Waals surface area contributed by atoms with Crippen molar-refractivity contribution in [3.8, 4) is 5.75 Å². The van der Waals surface area contributed by atoms with E-state index in [1.807, 2.05) is 48.5 Å². The number of carbonyl (C=O) groups excluding carboxylic acids is 1. The van der Waals surface area contributed by atoms with Gasteiger partial charge in [-0.3, -0.25) is 4.79 Å². The number of ether oxygens (including phenoxy) is 1. The van der Waals surface area contributed by atoms with Gasteiger partial charge in [0.25, 0.3) is 0 Å². The van der Waals surface area contributed by atoms with Crippen molar-refractivity contribution in [2.45, 2.75) is 25.7 Å². The van der Waals surface area contributed by atoms with Crippen LogP contribution in [0.25, 0.3) is 6.08 Å². The molecule has 22 heavy (non-hydrogen) atoms. The third-order valence-corrected chi connectivity index (χ3v) is 4.35. The number of Topliss-reactive ketones (excluding diaryl/α,β-unsaturated/α-hetero) is 1. The summed E-state index contributed by atoms with van der Waals surface area (Å²) in [6.07, 6.45) is 3.88. The molecule has 0 fully saturated rings. The van der Waals surface area contributed by atoms with E-state index in [2.05, 4.69) is 13.0 Å². The number of methoxy groups -OCH3 is 1. The van der Waals surface area contributed by atoms with Crippen molar-refractivity contribution in [3.05, 3.63) is 70.8 Å². The van der Waals surface area contributed by atoms with Crippen LogP contribution in [0.5, 0.6) is 5.75 Å². The molecule has 3 rings (SSSR count). The zero-order valence-electron chi connectivity index (χ0n) is 13.0. The van der Waals surface area contributed by atoms with Crippen LogP contribution in [0.4, 0.5) is 0 Å². The van der Waals surface area contributed by atoms with Crippen molar-refractivity contribution in [3.63, 3.8) is 0 Å². The van der Waals surface area contributed by atoms with E-state index in [4.69, 9.17) is 4.74 Å². The fourth-order valence-electron chi connectivity index (χ4n) is 3.09. The van der Waals surface area contributed by atoms with Crippen LogP contribution in [-0.2, 0) is 0 Å². The average molecular weight is 292 g/mol. The second-order valence-electron chi connectivity index (χ2n) is 5.67. The monoisotopic (exact) mass is 292 g/mol. The van der Waals surface area contributed by atoms with Crippen LogP contribution in [0, 0.1) is 0 Å². The maximum Gasteiger partial charge on any atom is 0.189 e. The lowest BCUT2D eigenvalue weighted by molar-refractivity contribution is 0.102. The minimum Gasteiger partial charge on any atom is -0.497 e. The average Bonchev–Trinajstić information content (AvgIpc) is 2.58. The highest BCUT2D eigenvalue weighted by Crippen LogP contribution is 2.37. The molecular formula is C20H20O2. The van der Waals surface area contributed by atoms with E-state index in [-0.39, 0.29) is 5.78 Å². The number of hydrogen-bond acceptors (Lipinski definition) is 2. The predicted octanol–water partition coefficient (Wildman–Crippen LogP) is 4.86. The van der Waals surface area contributed by atoms with Gasteiger partial charge < -0.3 is 4.74 Å². The Labute approximate surface area is 131 Å². The molecule has 0 saturated carbocycles. The number of rotatable bonds is 3. The van der Waals surface area contributed by atoms with Gasteiger partial charge in [-0.1, -0.05) is 43.3 Å². The molecule has 0 spiro atoms. The summed E-state index contributed by atoms with van der Waals surface area (Å²) in [5.74, 6) is 1.42. The highest BCUT2D eigenvalue weighted by Gasteiger charge is 2.27. The number of benzene rings is 2. The Bertz CT molecular complexity index is 711. The molecule has 0 saturated heterocycles. The van der Waals surface area contributed by atoms with E-state index in [9.17, 15) is 4.79 Å². The predicted molar refractivity (Wildman–Crippen MR) is 89.4 cm³/mol. The van der Waals surface area contributed by atoms with Gasteiger partial charge in [0, 0.05) is 11.1 Å². The molecule has 2 aromatic carbocycles. The molecule has 2 aromatic rings. The van der Waals surface area contributed by atoms with Gasteiger partial charge in [-0.2, -0.15) is 0 Å². The third kappa shape index (κ3) is 2.69. The molecule has 2 heteroatoms. The van der Waals surface area contributed by atoms with Gasteiger partial charge in [0.2, 0.25) is 0 Å². The van der Waals surface area contributed by atoms with Crippen LogP contribution >= 0.6 is 0 Å². The summed E-state index contributed by atoms with van der Waals surface area (Å²) in [5, 5.41) is 0. The van der Waals surface area contributed by atoms with E-state index < -0.39 is 0 Å². The lowest BCUT2D eigenvalue weighted by atomic mass is 9.77. The smallest absolute Gasteiger partial charge is 0.189 e. The summed E-state index contributed by atoms with van der Waals surface area (Å²) >= 11 is 0. The summed E-state index contributed by atoms with van der Waals surface area (Å²) < 4.78 is 5.17. The summed E-state index contributed by atoms with van der Waals surface area (Å²) in [5.41, 5.74) is 4.00. The molecule has 0 radical (unpaired) electrons. The number of carbonyl (C=O) groups is 1. The maximum atomic E-state index is 12.7. The fraction of sp³-hybridized carbons (Fsp3) is 0.250. The number of allylic oxidation sites excluding steroid dienone is 1. The molecule has 0 aliphatic heterocycles. The normalized spacial score (nSPS) is 19.1. The fourth-order valence-corrected chi connectivity index (χ4v) is 3.09. The van der Waals surface area contributed by atoms with Crippen LogP contribution in [0.3, 0.4) is 0 Å². The van der Waals surface area contributed by atoms with E-state index in [1.54, 1.807) is 7.11 Å². The van der Waals surface area contributed by atoms with Crippen LogP contribution in [0.15, 0.2) is 54.1 Å². The molecular weight excluding hydrogens is 272 g/mol. The lowest BCUT2D eigenvalue weighted by Gasteiger charge is -2.25. The molecule has 2 nitrogen and oxygen atoms in total. The first-order valence-electron chi connectivity index (χ1n) is 7.71. The second kappa shape index (κ2) is 6.18. The Morgan fingerprint density at radius 3 is 2.55 bits per heavy atom. The quantitative estimate of drug-likeness (QED) is 0.755. The third-order valence-electron chi connectivity index (χ3n) is 4.35. The Morgan fingerprint density at radius 1 is 1.14 bits per heavy atom. The van der Waals surface area contributed by atoms with E-state index in [0.29, 0.717) is 5.92 Å². The molecule has 0 aromatic heterocycles. The molecule has 0 bridgehead atoms. The summed E-state index contributed by atoms with van der Waals surface area (Å²) in [7, 11) is 1.65. The van der Waals surface area contributed by atoms with Crippen molar-refractivity contribution >= 4 is 11.9 Å². The summed E-state index contributed by atoms with van der Waals surface area (Å²) in [6, 6.07) is 15.8. The number of hydrogen-bond donors (Lipinski definition) is 0. The Balaban J connectivity index is 1.97. The van der Waals surface area contributed by atoms with Gasteiger partial charge in [0.15, 0.2) is 5.78 Å². The Hall–Kier alpha value is -2.35. The number of fused-ring (bicyclic) bond motifs is 1. The van der Waals surface area contributed by atoms with E-state index in [1.165, 1.54) is 5.56 Å². The van der Waals surface area contributed by atoms with Gasteiger partial charge in [-0.25, -0.2) is 0 Å². The van der Waals surface area contributed by atoms with Crippen LogP contribution < -0.4 is 4.74 Å². The molecule has 0 amide bonds. The van der Waals surface area contributed by atoms with Gasteiger partial charge in [-0.05, 0) is 48.1 Å². The SMILES string of the molecule is CC[C@@H]1C/C(=C\c2ccc(OC)cc2)C(=O)c2ccccc21. The first-order valence-corrected chi connectivity index (χ1v) is 7.71. The molecule has 0 unspecified atom stereocenters. The highest BCUT2D eigenvalue weighted by atomic mass is 16.5. The van der Waals surface area contributed by atoms with Crippen molar-refractivity contribution in [1.82, 2.24) is 0 Å². The lowest BCUT2D eigenvalue weighted by Crippen LogP contribution is -2.18. The molecule has 1 aliphatic rings. The maximum absolute atomic E-state index is 12.7. The second-order valence-corrected chi connectivity index (χ2v) is 5.67.